The Morgan fingerprint density at radius 1 is 0.882 bits per heavy atom. The highest BCUT2D eigenvalue weighted by Gasteiger charge is 2.33. The van der Waals surface area contributed by atoms with Crippen LogP contribution in [0.25, 0.3) is 17.0 Å². The number of fused-ring (bicyclic) bond motifs is 1. The van der Waals surface area contributed by atoms with Gasteiger partial charge in [0, 0.05) is 38.3 Å². The van der Waals surface area contributed by atoms with Gasteiger partial charge in [0.1, 0.15) is 0 Å². The van der Waals surface area contributed by atoms with Crippen LogP contribution in [-0.2, 0) is 11.3 Å². The number of para-hydroxylation sites is 1. The lowest BCUT2D eigenvalue weighted by Crippen LogP contribution is -2.27. The van der Waals surface area contributed by atoms with Crippen molar-refractivity contribution in [1.82, 2.24) is 4.57 Å². The molecule has 1 aliphatic rings. The van der Waals surface area contributed by atoms with Crippen LogP contribution in [-0.4, -0.2) is 14.8 Å². The fraction of sp³-hybridized carbons (Fsp3) is 0.0400. The van der Waals surface area contributed by atoms with Gasteiger partial charge in [-0.25, -0.2) is 0 Å². The lowest BCUT2D eigenvalue weighted by molar-refractivity contribution is -0.113. The second-order valence-electron chi connectivity index (χ2n) is 7.55. The fourth-order valence-electron chi connectivity index (χ4n) is 3.83. The molecule has 1 aliphatic heterocycles. The minimum Gasteiger partial charge on any atom is -0.342 e. The van der Waals surface area contributed by atoms with Crippen molar-refractivity contribution in [2.75, 3.05) is 4.90 Å². The van der Waals surface area contributed by atoms with E-state index in [2.05, 4.69) is 4.57 Å². The lowest BCUT2D eigenvalue weighted by Gasteiger charge is -2.15. The van der Waals surface area contributed by atoms with E-state index in [9.17, 15) is 4.79 Å². The number of carbonyl (C=O) groups excluding carboxylic acids is 1. The number of thioether (sulfide) groups is 1. The maximum atomic E-state index is 13.3. The van der Waals surface area contributed by atoms with Crippen LogP contribution in [0.15, 0.2) is 71.8 Å². The summed E-state index contributed by atoms with van der Waals surface area (Å²) in [5, 5.41) is 2.99. The monoisotopic (exact) mass is 562 g/mol. The largest absolute Gasteiger partial charge is 0.342 e. The number of aromatic nitrogens is 1. The predicted molar refractivity (Wildman–Crippen MR) is 150 cm³/mol. The molecule has 1 saturated heterocycles. The summed E-state index contributed by atoms with van der Waals surface area (Å²) in [5.74, 6) is -0.209. The van der Waals surface area contributed by atoms with Gasteiger partial charge < -0.3 is 4.57 Å². The quantitative estimate of drug-likeness (QED) is 0.183. The minimum absolute atomic E-state index is 0.209. The maximum Gasteiger partial charge on any atom is 0.270 e. The van der Waals surface area contributed by atoms with Gasteiger partial charge in [0.15, 0.2) is 4.32 Å². The molecular formula is C25H14Cl4N2OS2. The first-order valence-corrected chi connectivity index (χ1v) is 12.8. The highest BCUT2D eigenvalue weighted by Crippen LogP contribution is 2.39. The number of amides is 1. The number of benzene rings is 3. The molecule has 5 rings (SSSR count). The lowest BCUT2D eigenvalue weighted by atomic mass is 10.1. The first kappa shape index (κ1) is 23.7. The number of thiocarbonyl (C=S) groups is 1. The van der Waals surface area contributed by atoms with Crippen molar-refractivity contribution in [3.05, 3.63) is 103 Å². The third kappa shape index (κ3) is 4.37. The van der Waals surface area contributed by atoms with Crippen molar-refractivity contribution in [1.29, 1.82) is 0 Å². The highest BCUT2D eigenvalue weighted by atomic mass is 35.5. The molecule has 0 aliphatic carbocycles. The van der Waals surface area contributed by atoms with Gasteiger partial charge in [0.05, 0.1) is 27.2 Å². The number of nitrogens with zero attached hydrogens (tertiary/aromatic N) is 2. The third-order valence-corrected chi connectivity index (χ3v) is 8.20. The molecule has 3 nitrogen and oxygen atoms in total. The Balaban J connectivity index is 1.54. The van der Waals surface area contributed by atoms with Gasteiger partial charge in [-0.2, -0.15) is 0 Å². The van der Waals surface area contributed by atoms with E-state index in [1.165, 1.54) is 16.7 Å². The van der Waals surface area contributed by atoms with Gasteiger partial charge in [-0.15, -0.1) is 0 Å². The number of rotatable bonds is 4. The zero-order valence-electron chi connectivity index (χ0n) is 17.3. The summed E-state index contributed by atoms with van der Waals surface area (Å²) in [5.41, 5.74) is 3.32. The van der Waals surface area contributed by atoms with Crippen LogP contribution in [0.3, 0.4) is 0 Å². The number of anilines is 1. The second kappa shape index (κ2) is 9.57. The summed E-state index contributed by atoms with van der Waals surface area (Å²) in [6.45, 7) is 0.497. The Bertz CT molecular complexity index is 1490. The molecule has 0 bridgehead atoms. The molecule has 1 aromatic heterocycles. The van der Waals surface area contributed by atoms with E-state index in [4.69, 9.17) is 58.6 Å². The molecule has 0 spiro atoms. The van der Waals surface area contributed by atoms with E-state index >= 15 is 0 Å². The molecule has 0 atom stereocenters. The van der Waals surface area contributed by atoms with Gasteiger partial charge in [-0.3, -0.25) is 9.69 Å². The first-order valence-electron chi connectivity index (χ1n) is 10.1. The average Bonchev–Trinajstić information content (AvgIpc) is 3.29. The summed E-state index contributed by atoms with van der Waals surface area (Å²) < 4.78 is 2.51. The van der Waals surface area contributed by atoms with Crippen LogP contribution >= 0.6 is 70.4 Å². The number of hydrogen-bond acceptors (Lipinski definition) is 3. The summed E-state index contributed by atoms with van der Waals surface area (Å²) >= 11 is 31.8. The Morgan fingerprint density at radius 2 is 1.62 bits per heavy atom. The molecule has 0 saturated carbocycles. The van der Waals surface area contributed by atoms with Crippen molar-refractivity contribution >= 4 is 103 Å². The Labute approximate surface area is 225 Å². The highest BCUT2D eigenvalue weighted by molar-refractivity contribution is 8.27. The van der Waals surface area contributed by atoms with E-state index in [-0.39, 0.29) is 5.91 Å². The van der Waals surface area contributed by atoms with Crippen LogP contribution in [0, 0.1) is 0 Å². The molecule has 0 unspecified atom stereocenters. The summed E-state index contributed by atoms with van der Waals surface area (Å²) in [4.78, 5) is 15.3. The standard InChI is InChI=1S/C25H14Cl4N2OS2/c26-18-5-3-6-19(27)17(18)13-30-12-14(16-4-1-2-7-22(16)30)10-23-24(32)31(25(33)34-23)15-8-9-20(28)21(29)11-15/h1-12H,13H2/b23-10+. The SMILES string of the molecule is O=C1/C(=C\c2cn(Cc3c(Cl)cccc3Cl)c3ccccc23)SC(=S)N1c1ccc(Cl)c(Cl)c1. The van der Waals surface area contributed by atoms with Crippen molar-refractivity contribution in [3.8, 4) is 0 Å². The number of hydrogen-bond donors (Lipinski definition) is 0. The minimum atomic E-state index is -0.209. The van der Waals surface area contributed by atoms with Gasteiger partial charge in [-0.05, 0) is 42.5 Å². The second-order valence-corrected chi connectivity index (χ2v) is 10.8. The Hall–Kier alpha value is -1.99. The fourth-order valence-corrected chi connectivity index (χ4v) is 5.93. The van der Waals surface area contributed by atoms with Crippen LogP contribution in [0.4, 0.5) is 5.69 Å². The Morgan fingerprint density at radius 3 is 2.35 bits per heavy atom. The average molecular weight is 564 g/mol. The van der Waals surface area contributed by atoms with Gasteiger partial charge >= 0.3 is 0 Å². The zero-order chi connectivity index (χ0) is 24.0. The molecule has 34 heavy (non-hydrogen) atoms. The summed E-state index contributed by atoms with van der Waals surface area (Å²) in [6.07, 6.45) is 3.86. The first-order chi connectivity index (χ1) is 16.3. The van der Waals surface area contributed by atoms with Crippen LogP contribution < -0.4 is 4.90 Å². The van der Waals surface area contributed by atoms with Crippen molar-refractivity contribution in [2.24, 2.45) is 0 Å². The molecule has 4 aromatic rings. The van der Waals surface area contributed by atoms with Gasteiger partial charge in [0.25, 0.3) is 5.91 Å². The molecular weight excluding hydrogens is 550 g/mol. The van der Waals surface area contributed by atoms with E-state index in [0.717, 1.165) is 22.0 Å². The van der Waals surface area contributed by atoms with Gasteiger partial charge in [-0.1, -0.05) is 94.6 Å². The molecule has 0 radical (unpaired) electrons. The zero-order valence-corrected chi connectivity index (χ0v) is 21.9. The van der Waals surface area contributed by atoms with E-state index < -0.39 is 0 Å². The molecule has 1 amide bonds. The number of halogens is 4. The van der Waals surface area contributed by atoms with Gasteiger partial charge in [0.2, 0.25) is 0 Å². The summed E-state index contributed by atoms with van der Waals surface area (Å²) in [6, 6.07) is 18.5. The van der Waals surface area contributed by atoms with Crippen molar-refractivity contribution in [2.45, 2.75) is 6.54 Å². The number of carbonyl (C=O) groups is 1. The van der Waals surface area contributed by atoms with Crippen LogP contribution in [0.1, 0.15) is 11.1 Å². The normalized spacial score (nSPS) is 15.2. The molecule has 1 fully saturated rings. The summed E-state index contributed by atoms with van der Waals surface area (Å²) in [7, 11) is 0. The van der Waals surface area contributed by atoms with E-state index in [1.54, 1.807) is 18.2 Å². The molecule has 0 N–H and O–H groups in total. The third-order valence-electron chi connectivity index (χ3n) is 5.45. The Kier molecular flexibility index (Phi) is 6.68. The maximum absolute atomic E-state index is 13.3. The molecule has 3 aromatic carbocycles. The van der Waals surface area contributed by atoms with Crippen LogP contribution in [0.5, 0.6) is 0 Å². The topological polar surface area (TPSA) is 25.2 Å². The molecule has 2 heterocycles. The molecule has 170 valence electrons. The van der Waals surface area contributed by atoms with Crippen molar-refractivity contribution in [3.63, 3.8) is 0 Å². The smallest absolute Gasteiger partial charge is 0.270 e. The van der Waals surface area contributed by atoms with Crippen molar-refractivity contribution < 1.29 is 4.79 Å². The molecule has 9 heteroatoms. The van der Waals surface area contributed by atoms with Crippen LogP contribution in [0.2, 0.25) is 20.1 Å². The predicted octanol–water partition coefficient (Wildman–Crippen LogP) is 8.71. The van der Waals surface area contributed by atoms with E-state index in [1.807, 2.05) is 54.7 Å². The van der Waals surface area contributed by atoms with E-state index in [0.29, 0.717) is 41.5 Å².